The second kappa shape index (κ2) is 5.62. The minimum atomic E-state index is 0.216. The molecule has 3 heteroatoms. The molecule has 1 nitrogen and oxygen atoms in total. The highest BCUT2D eigenvalue weighted by Gasteiger charge is 2.19. The molecule has 0 spiro atoms. The van der Waals surface area contributed by atoms with Gasteiger partial charge in [-0.2, -0.15) is 11.8 Å². The molecule has 1 aliphatic heterocycles. The summed E-state index contributed by atoms with van der Waals surface area (Å²) in [4.78, 5) is 15.1. The van der Waals surface area contributed by atoms with Crippen LogP contribution >= 0.6 is 23.1 Å². The summed E-state index contributed by atoms with van der Waals surface area (Å²) in [5.74, 6) is 2.48. The molecule has 0 bridgehead atoms. The number of thiophene rings is 1. The molecular formula is C18H18OS2. The van der Waals surface area contributed by atoms with Gasteiger partial charge in [-0.05, 0) is 66.7 Å². The number of carbonyl (C=O) groups excluding carboxylic acids is 1. The van der Waals surface area contributed by atoms with Gasteiger partial charge in [-0.15, -0.1) is 11.3 Å². The van der Waals surface area contributed by atoms with E-state index in [1.54, 1.807) is 11.3 Å². The molecule has 4 rings (SSSR count). The molecule has 1 aromatic heterocycles. The van der Waals surface area contributed by atoms with Crippen LogP contribution in [-0.2, 0) is 25.0 Å². The average molecular weight is 314 g/mol. The molecule has 0 amide bonds. The van der Waals surface area contributed by atoms with E-state index in [0.29, 0.717) is 0 Å². The molecule has 2 aromatic rings. The fraction of sp³-hybridized carbons (Fsp3) is 0.389. The third-order valence-corrected chi connectivity index (χ3v) is 6.71. The molecule has 0 saturated heterocycles. The number of aryl methyl sites for hydroxylation is 3. The van der Waals surface area contributed by atoms with Gasteiger partial charge in [0, 0.05) is 16.2 Å². The molecule has 0 radical (unpaired) electrons. The molecule has 2 heterocycles. The zero-order chi connectivity index (χ0) is 14.2. The van der Waals surface area contributed by atoms with E-state index in [9.17, 15) is 4.79 Å². The highest BCUT2D eigenvalue weighted by Crippen LogP contribution is 2.33. The molecule has 1 aromatic carbocycles. The predicted octanol–water partition coefficient (Wildman–Crippen LogP) is 4.65. The van der Waals surface area contributed by atoms with Crippen molar-refractivity contribution < 1.29 is 4.79 Å². The van der Waals surface area contributed by atoms with Crippen LogP contribution in [0.2, 0.25) is 0 Å². The van der Waals surface area contributed by atoms with Crippen molar-refractivity contribution in [3.8, 4) is 0 Å². The Kier molecular flexibility index (Phi) is 3.64. The van der Waals surface area contributed by atoms with E-state index in [-0.39, 0.29) is 5.78 Å². The number of hydrogen-bond donors (Lipinski definition) is 0. The van der Waals surface area contributed by atoms with Crippen molar-refractivity contribution in [2.24, 2.45) is 0 Å². The highest BCUT2D eigenvalue weighted by molar-refractivity contribution is 7.98. The lowest BCUT2D eigenvalue weighted by atomic mass is 9.89. The summed E-state index contributed by atoms with van der Waals surface area (Å²) in [6.07, 6.45) is 5.98. The summed E-state index contributed by atoms with van der Waals surface area (Å²) >= 11 is 3.69. The lowest BCUT2D eigenvalue weighted by Gasteiger charge is -2.16. The van der Waals surface area contributed by atoms with Gasteiger partial charge in [0.05, 0.1) is 4.88 Å². The van der Waals surface area contributed by atoms with Gasteiger partial charge in [0.2, 0.25) is 5.78 Å². The maximum atomic E-state index is 12.8. The number of hydrogen-bond acceptors (Lipinski definition) is 3. The van der Waals surface area contributed by atoms with E-state index >= 15 is 0 Å². The van der Waals surface area contributed by atoms with Crippen LogP contribution in [0.3, 0.4) is 0 Å². The van der Waals surface area contributed by atoms with Crippen molar-refractivity contribution in [2.45, 2.75) is 37.9 Å². The predicted molar refractivity (Wildman–Crippen MR) is 90.7 cm³/mol. The van der Waals surface area contributed by atoms with Crippen LogP contribution in [0.1, 0.15) is 49.6 Å². The molecule has 0 fully saturated rings. The topological polar surface area (TPSA) is 17.1 Å². The third kappa shape index (κ3) is 2.58. The van der Waals surface area contributed by atoms with Crippen LogP contribution in [-0.4, -0.2) is 11.5 Å². The van der Waals surface area contributed by atoms with Gasteiger partial charge in [-0.25, -0.2) is 0 Å². The maximum Gasteiger partial charge on any atom is 0.202 e. The molecule has 1 aliphatic carbocycles. The van der Waals surface area contributed by atoms with Gasteiger partial charge in [0.25, 0.3) is 0 Å². The third-order valence-electron chi connectivity index (χ3n) is 4.46. The number of benzene rings is 1. The fourth-order valence-corrected chi connectivity index (χ4v) is 5.61. The molecular weight excluding hydrogens is 296 g/mol. The van der Waals surface area contributed by atoms with E-state index < -0.39 is 0 Å². The van der Waals surface area contributed by atoms with Crippen molar-refractivity contribution in [2.75, 3.05) is 5.75 Å². The number of thioether (sulfide) groups is 1. The number of carbonyl (C=O) groups is 1. The first-order chi connectivity index (χ1) is 10.3. The maximum absolute atomic E-state index is 12.8. The van der Waals surface area contributed by atoms with Crippen molar-refractivity contribution in [3.63, 3.8) is 0 Å². The van der Waals surface area contributed by atoms with Crippen molar-refractivity contribution in [1.29, 1.82) is 0 Å². The zero-order valence-electron chi connectivity index (χ0n) is 12.0. The molecule has 0 N–H and O–H groups in total. The fourth-order valence-electron chi connectivity index (χ4n) is 3.28. The number of ketones is 1. The van der Waals surface area contributed by atoms with Gasteiger partial charge in [0.15, 0.2) is 0 Å². The molecule has 0 saturated carbocycles. The summed E-state index contributed by atoms with van der Waals surface area (Å²) in [7, 11) is 0. The summed E-state index contributed by atoms with van der Waals surface area (Å²) < 4.78 is 0. The summed E-state index contributed by atoms with van der Waals surface area (Å²) in [6.45, 7) is 0. The Labute approximate surface area is 133 Å². The van der Waals surface area contributed by atoms with Crippen molar-refractivity contribution in [3.05, 3.63) is 56.3 Å². The largest absolute Gasteiger partial charge is 0.288 e. The van der Waals surface area contributed by atoms with Crippen LogP contribution in [0.15, 0.2) is 24.3 Å². The van der Waals surface area contributed by atoms with Crippen LogP contribution in [0.5, 0.6) is 0 Å². The first-order valence-corrected chi connectivity index (χ1v) is 9.64. The normalized spacial score (nSPS) is 17.1. The van der Waals surface area contributed by atoms with Gasteiger partial charge in [-0.1, -0.05) is 12.1 Å². The van der Waals surface area contributed by atoms with Crippen LogP contribution in [0.25, 0.3) is 0 Å². The molecule has 21 heavy (non-hydrogen) atoms. The minimum absolute atomic E-state index is 0.216. The van der Waals surface area contributed by atoms with Crippen LogP contribution in [0, 0.1) is 0 Å². The Morgan fingerprint density at radius 3 is 2.67 bits per heavy atom. The van der Waals surface area contributed by atoms with Crippen molar-refractivity contribution in [1.82, 2.24) is 0 Å². The average Bonchev–Trinajstić information content (AvgIpc) is 2.97. The molecule has 0 unspecified atom stereocenters. The molecule has 0 atom stereocenters. The lowest BCUT2D eigenvalue weighted by molar-refractivity contribution is 0.104. The summed E-state index contributed by atoms with van der Waals surface area (Å²) in [6, 6.07) is 8.48. The Morgan fingerprint density at radius 1 is 0.952 bits per heavy atom. The second-order valence-electron chi connectivity index (χ2n) is 5.88. The second-order valence-corrected chi connectivity index (χ2v) is 8.12. The first kappa shape index (κ1) is 13.6. The van der Waals surface area contributed by atoms with E-state index in [2.05, 4.69) is 18.2 Å². The Morgan fingerprint density at radius 2 is 1.81 bits per heavy atom. The van der Waals surface area contributed by atoms with Gasteiger partial charge in [0.1, 0.15) is 0 Å². The van der Waals surface area contributed by atoms with Gasteiger partial charge >= 0.3 is 0 Å². The van der Waals surface area contributed by atoms with Crippen molar-refractivity contribution >= 4 is 28.9 Å². The highest BCUT2D eigenvalue weighted by atomic mass is 32.2. The van der Waals surface area contributed by atoms with E-state index in [4.69, 9.17) is 0 Å². The SMILES string of the molecule is O=C(c1ccc2c(c1)CCCC2)c1cc2c(s1)CCSC2. The van der Waals surface area contributed by atoms with E-state index in [0.717, 1.165) is 29.0 Å². The summed E-state index contributed by atoms with van der Waals surface area (Å²) in [5, 5.41) is 0. The smallest absolute Gasteiger partial charge is 0.202 e. The zero-order valence-corrected chi connectivity index (χ0v) is 13.6. The first-order valence-electron chi connectivity index (χ1n) is 7.67. The van der Waals surface area contributed by atoms with Gasteiger partial charge in [-0.3, -0.25) is 4.79 Å². The quantitative estimate of drug-likeness (QED) is 0.751. The minimum Gasteiger partial charge on any atom is -0.288 e. The number of rotatable bonds is 2. The Hall–Kier alpha value is -1.06. The number of fused-ring (bicyclic) bond motifs is 2. The Bertz CT molecular complexity index is 676. The van der Waals surface area contributed by atoms with Crippen LogP contribution in [0.4, 0.5) is 0 Å². The standard InChI is InChI=1S/C18H18OS2/c19-18(17-10-15-11-20-8-7-16(15)21-17)14-6-5-12-3-1-2-4-13(12)9-14/h5-6,9-10H,1-4,7-8,11H2. The Balaban J connectivity index is 1.66. The lowest BCUT2D eigenvalue weighted by Crippen LogP contribution is -2.06. The van der Waals surface area contributed by atoms with Crippen LogP contribution < -0.4 is 0 Å². The van der Waals surface area contributed by atoms with Gasteiger partial charge < -0.3 is 0 Å². The monoisotopic (exact) mass is 314 g/mol. The molecule has 2 aliphatic rings. The molecule has 108 valence electrons. The van der Waals surface area contributed by atoms with E-state index in [1.165, 1.54) is 46.6 Å². The summed E-state index contributed by atoms with van der Waals surface area (Å²) in [5.41, 5.74) is 5.10. The van der Waals surface area contributed by atoms with E-state index in [1.807, 2.05) is 17.8 Å².